The molecule has 1 fully saturated rings. The summed E-state index contributed by atoms with van der Waals surface area (Å²) in [5.41, 5.74) is 2.47. The molecule has 1 aromatic carbocycles. The van der Waals surface area contributed by atoms with Gasteiger partial charge in [0, 0.05) is 31.6 Å². The first-order chi connectivity index (χ1) is 13.8. The summed E-state index contributed by atoms with van der Waals surface area (Å²) in [7, 11) is -3.55. The van der Waals surface area contributed by atoms with Crippen molar-refractivity contribution in [2.75, 3.05) is 19.6 Å². The number of nitrogens with one attached hydrogen (secondary N) is 1. The van der Waals surface area contributed by atoms with E-state index < -0.39 is 10.0 Å². The average Bonchev–Trinajstić information content (AvgIpc) is 3.03. The zero-order valence-corrected chi connectivity index (χ0v) is 18.2. The van der Waals surface area contributed by atoms with Crippen molar-refractivity contribution >= 4 is 27.5 Å². The van der Waals surface area contributed by atoms with Gasteiger partial charge in [-0.2, -0.15) is 0 Å². The van der Waals surface area contributed by atoms with Crippen LogP contribution < -0.4 is 4.72 Å². The van der Waals surface area contributed by atoms with Crippen molar-refractivity contribution in [2.24, 2.45) is 5.92 Å². The minimum atomic E-state index is -3.55. The first kappa shape index (κ1) is 21.8. The van der Waals surface area contributed by atoms with Crippen molar-refractivity contribution in [1.29, 1.82) is 0 Å². The molecule has 1 aromatic heterocycles. The molecule has 1 amide bonds. The highest BCUT2D eigenvalue weighted by Crippen LogP contribution is 2.22. The quantitative estimate of drug-likeness (QED) is 0.715. The molecule has 0 spiro atoms. The lowest BCUT2D eigenvalue weighted by Crippen LogP contribution is -2.43. The van der Waals surface area contributed by atoms with Crippen LogP contribution in [-0.2, 0) is 21.2 Å². The molecule has 0 saturated carbocycles. The van der Waals surface area contributed by atoms with Gasteiger partial charge in [0.25, 0.3) is 0 Å². The second kappa shape index (κ2) is 9.28. The molecule has 29 heavy (non-hydrogen) atoms. The number of carbonyl (C=O) groups excluding carboxylic acids is 1. The van der Waals surface area contributed by atoms with Crippen LogP contribution in [0.5, 0.6) is 0 Å². The minimum absolute atomic E-state index is 0.0350. The molecule has 1 atom stereocenters. The Bertz CT molecular complexity index is 937. The Hall–Kier alpha value is -1.90. The molecule has 0 unspecified atom stereocenters. The number of amides is 1. The fraction of sp³-hybridized carbons (Fsp3) is 0.500. The van der Waals surface area contributed by atoms with Gasteiger partial charge in [-0.1, -0.05) is 22.9 Å². The highest BCUT2D eigenvalue weighted by Gasteiger charge is 2.25. The van der Waals surface area contributed by atoms with Gasteiger partial charge in [0.1, 0.15) is 0 Å². The molecule has 9 heteroatoms. The number of piperidine rings is 1. The molecular weight excluding hydrogens is 414 g/mol. The average molecular weight is 440 g/mol. The molecule has 0 aliphatic carbocycles. The Balaban J connectivity index is 1.52. The molecule has 1 aliphatic heterocycles. The number of hydrogen-bond acceptors (Lipinski definition) is 5. The summed E-state index contributed by atoms with van der Waals surface area (Å²) in [5.74, 6) is 0.126. The van der Waals surface area contributed by atoms with Gasteiger partial charge in [0.05, 0.1) is 10.6 Å². The first-order valence-electron chi connectivity index (χ1n) is 9.71. The molecule has 3 rings (SSSR count). The van der Waals surface area contributed by atoms with Crippen LogP contribution in [0.1, 0.15) is 36.1 Å². The monoisotopic (exact) mass is 439 g/mol. The van der Waals surface area contributed by atoms with Gasteiger partial charge >= 0.3 is 0 Å². The number of likely N-dealkylation sites (tertiary alicyclic amines) is 1. The van der Waals surface area contributed by atoms with E-state index in [4.69, 9.17) is 16.1 Å². The van der Waals surface area contributed by atoms with Crippen LogP contribution in [0.25, 0.3) is 0 Å². The summed E-state index contributed by atoms with van der Waals surface area (Å²) in [6, 6.07) is 6.76. The Morgan fingerprint density at radius 3 is 2.69 bits per heavy atom. The number of halogens is 1. The van der Waals surface area contributed by atoms with Crippen LogP contribution in [0.15, 0.2) is 33.7 Å². The van der Waals surface area contributed by atoms with E-state index in [1.165, 1.54) is 0 Å². The fourth-order valence-corrected chi connectivity index (χ4v) is 4.90. The zero-order valence-electron chi connectivity index (χ0n) is 16.7. The third kappa shape index (κ3) is 5.58. The van der Waals surface area contributed by atoms with Crippen molar-refractivity contribution < 1.29 is 17.7 Å². The Kier molecular flexibility index (Phi) is 6.97. The largest absolute Gasteiger partial charge is 0.344 e. The standard InChI is InChI=1S/C20H26ClN3O4S/c1-14-5-7-17(8-6-14)29(26,27)22-12-16-4-3-11-24(13-16)19(25)10-9-18-15(2)23-28-20(18)21/h5-8,16,22H,3-4,9-13H2,1-2H3/t16-/m0/s1. The van der Waals surface area contributed by atoms with Crippen LogP contribution >= 0.6 is 11.6 Å². The van der Waals surface area contributed by atoms with Crippen LogP contribution in [0.4, 0.5) is 0 Å². The predicted molar refractivity (Wildman–Crippen MR) is 110 cm³/mol. The Morgan fingerprint density at radius 2 is 2.03 bits per heavy atom. The minimum Gasteiger partial charge on any atom is -0.344 e. The third-order valence-electron chi connectivity index (χ3n) is 5.29. The second-order valence-electron chi connectivity index (χ2n) is 7.53. The van der Waals surface area contributed by atoms with E-state index in [1.807, 2.05) is 11.8 Å². The van der Waals surface area contributed by atoms with Gasteiger partial charge in [-0.25, -0.2) is 13.1 Å². The van der Waals surface area contributed by atoms with Crippen molar-refractivity contribution in [2.45, 2.75) is 44.4 Å². The summed E-state index contributed by atoms with van der Waals surface area (Å²) in [6.07, 6.45) is 2.55. The van der Waals surface area contributed by atoms with Gasteiger partial charge in [-0.15, -0.1) is 0 Å². The molecule has 1 aliphatic rings. The smallest absolute Gasteiger partial charge is 0.240 e. The van der Waals surface area contributed by atoms with Crippen LogP contribution in [-0.4, -0.2) is 44.0 Å². The zero-order chi connectivity index (χ0) is 21.0. The molecule has 2 aromatic rings. The van der Waals surface area contributed by atoms with E-state index in [0.29, 0.717) is 38.2 Å². The summed E-state index contributed by atoms with van der Waals surface area (Å²) in [6.45, 7) is 5.26. The van der Waals surface area contributed by atoms with Crippen molar-refractivity contribution in [3.8, 4) is 0 Å². The maximum absolute atomic E-state index is 12.6. The Labute approximate surface area is 176 Å². The lowest BCUT2D eigenvalue weighted by atomic mass is 9.98. The molecular formula is C20H26ClN3O4S. The van der Waals surface area contributed by atoms with E-state index in [2.05, 4.69) is 9.88 Å². The van der Waals surface area contributed by atoms with E-state index in [1.54, 1.807) is 31.2 Å². The molecule has 0 bridgehead atoms. The number of rotatable bonds is 7. The van der Waals surface area contributed by atoms with E-state index in [-0.39, 0.29) is 21.9 Å². The van der Waals surface area contributed by atoms with E-state index >= 15 is 0 Å². The van der Waals surface area contributed by atoms with Crippen molar-refractivity contribution in [1.82, 2.24) is 14.8 Å². The third-order valence-corrected chi connectivity index (χ3v) is 7.03. The molecule has 2 heterocycles. The topological polar surface area (TPSA) is 92.5 Å². The number of aryl methyl sites for hydroxylation is 2. The SMILES string of the molecule is Cc1ccc(S(=O)(=O)NC[C@@H]2CCCN(C(=O)CCc3c(C)noc3Cl)C2)cc1. The molecule has 158 valence electrons. The normalized spacial score (nSPS) is 17.5. The predicted octanol–water partition coefficient (Wildman–Crippen LogP) is 3.09. The number of benzene rings is 1. The van der Waals surface area contributed by atoms with Gasteiger partial charge in [-0.3, -0.25) is 4.79 Å². The van der Waals surface area contributed by atoms with Crippen molar-refractivity contribution in [3.63, 3.8) is 0 Å². The number of sulfonamides is 1. The number of hydrogen-bond donors (Lipinski definition) is 1. The lowest BCUT2D eigenvalue weighted by molar-refractivity contribution is -0.132. The second-order valence-corrected chi connectivity index (χ2v) is 9.64. The van der Waals surface area contributed by atoms with Gasteiger partial charge in [0.2, 0.25) is 21.1 Å². The molecule has 0 radical (unpaired) electrons. The van der Waals surface area contributed by atoms with Crippen molar-refractivity contribution in [3.05, 3.63) is 46.3 Å². The maximum atomic E-state index is 12.6. The van der Waals surface area contributed by atoms with Crippen LogP contribution in [0.2, 0.25) is 5.22 Å². The van der Waals surface area contributed by atoms with E-state index in [9.17, 15) is 13.2 Å². The van der Waals surface area contributed by atoms with Crippen LogP contribution in [0.3, 0.4) is 0 Å². The summed E-state index contributed by atoms with van der Waals surface area (Å²) in [4.78, 5) is 14.7. The van der Waals surface area contributed by atoms with E-state index in [0.717, 1.165) is 24.0 Å². The molecule has 7 nitrogen and oxygen atoms in total. The first-order valence-corrected chi connectivity index (χ1v) is 11.6. The summed E-state index contributed by atoms with van der Waals surface area (Å²) >= 11 is 5.96. The highest BCUT2D eigenvalue weighted by molar-refractivity contribution is 7.89. The van der Waals surface area contributed by atoms with Gasteiger partial charge in [0.15, 0.2) is 0 Å². The number of nitrogens with zero attached hydrogens (tertiary/aromatic N) is 2. The maximum Gasteiger partial charge on any atom is 0.240 e. The fourth-order valence-electron chi connectivity index (χ4n) is 3.52. The Morgan fingerprint density at radius 1 is 1.31 bits per heavy atom. The number of aromatic nitrogens is 1. The molecule has 1 saturated heterocycles. The summed E-state index contributed by atoms with van der Waals surface area (Å²) < 4.78 is 32.6. The summed E-state index contributed by atoms with van der Waals surface area (Å²) in [5, 5.41) is 4.03. The van der Waals surface area contributed by atoms with Gasteiger partial charge in [-0.05, 0) is 62.8 Å². The van der Waals surface area contributed by atoms with Crippen LogP contribution in [0, 0.1) is 19.8 Å². The molecule has 1 N–H and O–H groups in total. The van der Waals surface area contributed by atoms with Gasteiger partial charge < -0.3 is 9.42 Å². The highest BCUT2D eigenvalue weighted by atomic mass is 35.5. The number of carbonyl (C=O) groups is 1. The lowest BCUT2D eigenvalue weighted by Gasteiger charge is -2.33.